The second-order valence-electron chi connectivity index (χ2n) is 8.17. The van der Waals surface area contributed by atoms with E-state index in [-0.39, 0.29) is 17.7 Å². The van der Waals surface area contributed by atoms with Crippen molar-refractivity contribution in [3.05, 3.63) is 48.7 Å². The number of aromatic nitrogens is 7. The Morgan fingerprint density at radius 3 is 2.68 bits per heavy atom. The molecule has 1 fully saturated rings. The Labute approximate surface area is 192 Å². The third kappa shape index (κ3) is 3.43. The molecule has 0 saturated heterocycles. The lowest BCUT2D eigenvalue weighted by molar-refractivity contribution is -0.117. The summed E-state index contributed by atoms with van der Waals surface area (Å²) < 4.78 is 0. The van der Waals surface area contributed by atoms with Gasteiger partial charge in [-0.05, 0) is 25.0 Å². The number of pyridine rings is 3. The summed E-state index contributed by atoms with van der Waals surface area (Å²) in [7, 11) is 1.56. The SMILES string of the molecule is CNC(=O)c1cncc2[nH]c(-c3[nH]nc4ncc(-c5cncc(NC(=O)C6CC6)c5)cc34)nc12. The molecule has 34 heavy (non-hydrogen) atoms. The van der Waals surface area contributed by atoms with Crippen LogP contribution in [0.15, 0.2) is 43.1 Å². The summed E-state index contributed by atoms with van der Waals surface area (Å²) in [5.74, 6) is 0.382. The van der Waals surface area contributed by atoms with E-state index < -0.39 is 0 Å². The molecular weight excluding hydrogens is 434 g/mol. The van der Waals surface area contributed by atoms with Gasteiger partial charge in [0.15, 0.2) is 11.5 Å². The fraction of sp³-hybridized carbons (Fsp3) is 0.174. The van der Waals surface area contributed by atoms with Crippen LogP contribution in [0.5, 0.6) is 0 Å². The molecule has 2 amide bonds. The maximum atomic E-state index is 12.2. The fourth-order valence-corrected chi connectivity index (χ4v) is 3.85. The molecular formula is C23H19N9O2. The minimum atomic E-state index is -0.268. The molecule has 0 aromatic carbocycles. The number of nitrogens with one attached hydrogen (secondary N) is 4. The number of carbonyl (C=O) groups excluding carboxylic acids is 2. The molecule has 0 unspecified atom stereocenters. The third-order valence-corrected chi connectivity index (χ3v) is 5.80. The average Bonchev–Trinajstić information content (AvgIpc) is 3.49. The number of H-pyrrole nitrogens is 2. The van der Waals surface area contributed by atoms with Gasteiger partial charge < -0.3 is 15.6 Å². The molecule has 0 atom stereocenters. The van der Waals surface area contributed by atoms with Crippen LogP contribution in [-0.4, -0.2) is 54.0 Å². The van der Waals surface area contributed by atoms with Gasteiger partial charge in [0.2, 0.25) is 5.91 Å². The second-order valence-corrected chi connectivity index (χ2v) is 8.17. The zero-order valence-electron chi connectivity index (χ0n) is 18.1. The highest BCUT2D eigenvalue weighted by Crippen LogP contribution is 2.32. The van der Waals surface area contributed by atoms with Crippen LogP contribution < -0.4 is 10.6 Å². The lowest BCUT2D eigenvalue weighted by atomic mass is 10.1. The Morgan fingerprint density at radius 2 is 1.85 bits per heavy atom. The number of rotatable bonds is 5. The van der Waals surface area contributed by atoms with E-state index in [0.717, 1.165) is 29.4 Å². The van der Waals surface area contributed by atoms with Crippen LogP contribution in [-0.2, 0) is 4.79 Å². The standard InChI is InChI=1S/C23H19N9O2/c1-24-23(34)16-9-26-10-17-18(16)30-21(29-17)19-15-5-13(7-27-20(15)32-31-19)12-4-14(8-25-6-12)28-22(33)11-2-3-11/h4-11H,2-3H2,1H3,(H,24,34)(H,28,33)(H,29,30)(H,27,31,32). The molecule has 5 heterocycles. The minimum absolute atomic E-state index is 0.0279. The first kappa shape index (κ1) is 20.0. The summed E-state index contributed by atoms with van der Waals surface area (Å²) in [5.41, 5.74) is 4.95. The van der Waals surface area contributed by atoms with E-state index in [2.05, 4.69) is 45.8 Å². The zero-order valence-corrected chi connectivity index (χ0v) is 18.1. The van der Waals surface area contributed by atoms with Gasteiger partial charge in [-0.15, -0.1) is 0 Å². The van der Waals surface area contributed by atoms with E-state index in [1.165, 1.54) is 6.20 Å². The van der Waals surface area contributed by atoms with Crippen molar-refractivity contribution in [2.75, 3.05) is 12.4 Å². The van der Waals surface area contributed by atoms with Crippen molar-refractivity contribution < 1.29 is 9.59 Å². The minimum Gasteiger partial charge on any atom is -0.355 e. The number of amides is 2. The van der Waals surface area contributed by atoms with Gasteiger partial charge in [-0.2, -0.15) is 5.10 Å². The molecule has 0 bridgehead atoms. The molecule has 0 spiro atoms. The highest BCUT2D eigenvalue weighted by atomic mass is 16.2. The Balaban J connectivity index is 1.40. The van der Waals surface area contributed by atoms with Gasteiger partial charge in [-0.3, -0.25) is 24.7 Å². The number of aromatic amines is 2. The summed E-state index contributed by atoms with van der Waals surface area (Å²) >= 11 is 0. The van der Waals surface area contributed by atoms with Crippen molar-refractivity contribution in [1.29, 1.82) is 0 Å². The van der Waals surface area contributed by atoms with E-state index in [0.29, 0.717) is 39.4 Å². The van der Waals surface area contributed by atoms with Crippen LogP contribution in [0.4, 0.5) is 5.69 Å². The van der Waals surface area contributed by atoms with E-state index in [9.17, 15) is 9.59 Å². The lowest BCUT2D eigenvalue weighted by Crippen LogP contribution is -2.18. The summed E-state index contributed by atoms with van der Waals surface area (Å²) in [4.78, 5) is 45.0. The highest BCUT2D eigenvalue weighted by molar-refractivity contribution is 6.05. The van der Waals surface area contributed by atoms with Crippen LogP contribution in [0.2, 0.25) is 0 Å². The van der Waals surface area contributed by atoms with Gasteiger partial charge in [-0.1, -0.05) is 0 Å². The third-order valence-electron chi connectivity index (χ3n) is 5.80. The maximum absolute atomic E-state index is 12.2. The molecule has 6 rings (SSSR count). The van der Waals surface area contributed by atoms with Crippen LogP contribution in [0.25, 0.3) is 44.7 Å². The van der Waals surface area contributed by atoms with Crippen molar-refractivity contribution in [1.82, 2.24) is 40.4 Å². The highest BCUT2D eigenvalue weighted by Gasteiger charge is 2.29. The maximum Gasteiger partial charge on any atom is 0.254 e. The molecule has 1 aliphatic carbocycles. The Morgan fingerprint density at radius 1 is 1.03 bits per heavy atom. The first-order chi connectivity index (χ1) is 16.6. The van der Waals surface area contributed by atoms with E-state index in [1.807, 2.05) is 12.1 Å². The summed E-state index contributed by atoms with van der Waals surface area (Å²) in [6.45, 7) is 0. The molecule has 0 aliphatic heterocycles. The largest absolute Gasteiger partial charge is 0.355 e. The fourth-order valence-electron chi connectivity index (χ4n) is 3.85. The molecule has 1 aliphatic rings. The molecule has 11 nitrogen and oxygen atoms in total. The predicted molar refractivity (Wildman–Crippen MR) is 125 cm³/mol. The molecule has 11 heteroatoms. The summed E-state index contributed by atoms with van der Waals surface area (Å²) in [6, 6.07) is 3.81. The zero-order chi connectivity index (χ0) is 23.2. The van der Waals surface area contributed by atoms with E-state index >= 15 is 0 Å². The lowest BCUT2D eigenvalue weighted by Gasteiger charge is -2.06. The summed E-state index contributed by atoms with van der Waals surface area (Å²) in [6.07, 6.45) is 10.0. The Kier molecular flexibility index (Phi) is 4.54. The van der Waals surface area contributed by atoms with Gasteiger partial charge in [-0.25, -0.2) is 9.97 Å². The van der Waals surface area contributed by atoms with Crippen LogP contribution in [0, 0.1) is 5.92 Å². The van der Waals surface area contributed by atoms with Crippen molar-refractivity contribution in [3.63, 3.8) is 0 Å². The van der Waals surface area contributed by atoms with Gasteiger partial charge in [0, 0.05) is 42.7 Å². The molecule has 5 aromatic heterocycles. The van der Waals surface area contributed by atoms with Gasteiger partial charge in [0.1, 0.15) is 11.2 Å². The number of nitrogens with zero attached hydrogens (tertiary/aromatic N) is 5. The molecule has 1 saturated carbocycles. The molecule has 5 aromatic rings. The quantitative estimate of drug-likeness (QED) is 0.319. The second kappa shape index (κ2) is 7.73. The number of carbonyl (C=O) groups is 2. The predicted octanol–water partition coefficient (Wildman–Crippen LogP) is 2.67. The molecule has 4 N–H and O–H groups in total. The normalized spacial score (nSPS) is 13.3. The number of anilines is 1. The van der Waals surface area contributed by atoms with Crippen molar-refractivity contribution in [2.24, 2.45) is 5.92 Å². The van der Waals surface area contributed by atoms with Crippen molar-refractivity contribution in [3.8, 4) is 22.6 Å². The van der Waals surface area contributed by atoms with E-state index in [4.69, 9.17) is 0 Å². The monoisotopic (exact) mass is 453 g/mol. The van der Waals surface area contributed by atoms with Gasteiger partial charge in [0.25, 0.3) is 5.91 Å². The number of hydrogen-bond donors (Lipinski definition) is 4. The Hall–Kier alpha value is -4.67. The molecule has 0 radical (unpaired) electrons. The van der Waals surface area contributed by atoms with Crippen molar-refractivity contribution in [2.45, 2.75) is 12.8 Å². The van der Waals surface area contributed by atoms with Crippen LogP contribution in [0.3, 0.4) is 0 Å². The average molecular weight is 453 g/mol. The van der Waals surface area contributed by atoms with Gasteiger partial charge in [0.05, 0.1) is 34.5 Å². The smallest absolute Gasteiger partial charge is 0.254 e. The summed E-state index contributed by atoms with van der Waals surface area (Å²) in [5, 5.41) is 13.6. The van der Waals surface area contributed by atoms with Gasteiger partial charge >= 0.3 is 0 Å². The number of hydrogen-bond acceptors (Lipinski definition) is 7. The van der Waals surface area contributed by atoms with E-state index in [1.54, 1.807) is 31.8 Å². The van der Waals surface area contributed by atoms with Crippen LogP contribution in [0.1, 0.15) is 23.2 Å². The van der Waals surface area contributed by atoms with Crippen molar-refractivity contribution >= 4 is 39.6 Å². The topological polar surface area (TPSA) is 154 Å². The first-order valence-electron chi connectivity index (χ1n) is 10.8. The number of fused-ring (bicyclic) bond motifs is 2. The van der Waals surface area contributed by atoms with Crippen LogP contribution >= 0.6 is 0 Å². The Bertz CT molecular complexity index is 1580. The number of imidazole rings is 1. The first-order valence-corrected chi connectivity index (χ1v) is 10.8. The molecule has 168 valence electrons.